The zero-order valence-electron chi connectivity index (χ0n) is 9.54. The fraction of sp³-hybridized carbons (Fsp3) is 0.0833. The lowest BCUT2D eigenvalue weighted by Crippen LogP contribution is -2.11. The van der Waals surface area contributed by atoms with Crippen LogP contribution in [0.3, 0.4) is 0 Å². The maximum absolute atomic E-state index is 11.6. The van der Waals surface area contributed by atoms with Crippen molar-refractivity contribution in [2.24, 2.45) is 0 Å². The number of halogens is 1. The van der Waals surface area contributed by atoms with Gasteiger partial charge in [0.1, 0.15) is 0 Å². The highest BCUT2D eigenvalue weighted by molar-refractivity contribution is 9.10. The van der Waals surface area contributed by atoms with Crippen molar-refractivity contribution in [1.82, 2.24) is 0 Å². The van der Waals surface area contributed by atoms with Gasteiger partial charge in [0, 0.05) is 10.5 Å². The second-order valence-corrected chi connectivity index (χ2v) is 4.47. The molecule has 98 valence electrons. The summed E-state index contributed by atoms with van der Waals surface area (Å²) in [5, 5.41) is 10.8. The standard InChI is InChI=1S/C12H8BrNO5/c13-8-3-4-11(9(6-8)14(16)17)19-7-10(15)12-2-1-5-18-12/h1-6H,7H2. The molecule has 1 heterocycles. The molecule has 0 bridgehead atoms. The Morgan fingerprint density at radius 1 is 1.42 bits per heavy atom. The molecule has 0 aliphatic carbocycles. The van der Waals surface area contributed by atoms with Gasteiger partial charge < -0.3 is 9.15 Å². The Bertz CT molecular complexity index is 609. The second kappa shape index (κ2) is 5.66. The SMILES string of the molecule is O=C(COc1ccc(Br)cc1[N+](=O)[O-])c1ccco1. The number of carbonyl (C=O) groups excluding carboxylic acids is 1. The Morgan fingerprint density at radius 2 is 2.21 bits per heavy atom. The van der Waals surface area contributed by atoms with Gasteiger partial charge in [-0.2, -0.15) is 0 Å². The number of nitrogens with zero attached hydrogens (tertiary/aromatic N) is 1. The number of hydrogen-bond donors (Lipinski definition) is 0. The van der Waals surface area contributed by atoms with Crippen molar-refractivity contribution in [3.63, 3.8) is 0 Å². The van der Waals surface area contributed by atoms with Gasteiger partial charge >= 0.3 is 5.69 Å². The number of ketones is 1. The van der Waals surface area contributed by atoms with Crippen LogP contribution < -0.4 is 4.74 Å². The van der Waals surface area contributed by atoms with Gasteiger partial charge in [-0.15, -0.1) is 0 Å². The number of benzene rings is 1. The van der Waals surface area contributed by atoms with Gasteiger partial charge in [-0.25, -0.2) is 0 Å². The van der Waals surface area contributed by atoms with Crippen molar-refractivity contribution < 1.29 is 18.9 Å². The van der Waals surface area contributed by atoms with E-state index >= 15 is 0 Å². The summed E-state index contributed by atoms with van der Waals surface area (Å²) in [6.45, 7) is -0.323. The molecule has 6 nitrogen and oxygen atoms in total. The largest absolute Gasteiger partial charge is 0.478 e. The lowest BCUT2D eigenvalue weighted by molar-refractivity contribution is -0.385. The molecule has 1 aromatic heterocycles. The number of nitro groups is 1. The molecule has 1 aromatic carbocycles. The molecule has 0 spiro atoms. The molecule has 0 radical (unpaired) electrons. The molecular formula is C12H8BrNO5. The average Bonchev–Trinajstić information content (AvgIpc) is 2.90. The number of ether oxygens (including phenoxy) is 1. The molecule has 0 saturated carbocycles. The number of carbonyl (C=O) groups is 1. The van der Waals surface area contributed by atoms with E-state index in [1.54, 1.807) is 12.1 Å². The van der Waals surface area contributed by atoms with Gasteiger partial charge in [-0.3, -0.25) is 14.9 Å². The van der Waals surface area contributed by atoms with Crippen LogP contribution in [0.1, 0.15) is 10.6 Å². The van der Waals surface area contributed by atoms with Crippen LogP contribution in [-0.4, -0.2) is 17.3 Å². The molecule has 0 amide bonds. The smallest absolute Gasteiger partial charge is 0.312 e. The van der Waals surface area contributed by atoms with Gasteiger partial charge in [-0.05, 0) is 24.3 Å². The van der Waals surface area contributed by atoms with Crippen molar-refractivity contribution >= 4 is 27.4 Å². The Labute approximate surface area is 116 Å². The van der Waals surface area contributed by atoms with Crippen molar-refractivity contribution in [3.8, 4) is 5.75 Å². The number of rotatable bonds is 5. The number of furan rings is 1. The van der Waals surface area contributed by atoms with Gasteiger partial charge in [-0.1, -0.05) is 15.9 Å². The number of Topliss-reactive ketones (excluding diaryl/α,β-unsaturated/α-hetero) is 1. The molecule has 2 rings (SSSR count). The first-order valence-corrected chi connectivity index (χ1v) is 6.00. The van der Waals surface area contributed by atoms with E-state index in [9.17, 15) is 14.9 Å². The Morgan fingerprint density at radius 3 is 2.84 bits per heavy atom. The highest BCUT2D eigenvalue weighted by atomic mass is 79.9. The molecule has 0 fully saturated rings. The van der Waals surface area contributed by atoms with Crippen LogP contribution in [0.4, 0.5) is 5.69 Å². The molecule has 19 heavy (non-hydrogen) atoms. The van der Waals surface area contributed by atoms with Crippen LogP contribution >= 0.6 is 15.9 Å². The first-order valence-electron chi connectivity index (χ1n) is 5.21. The van der Waals surface area contributed by atoms with E-state index in [1.165, 1.54) is 24.5 Å². The Hall–Kier alpha value is -2.15. The number of nitro benzene ring substituents is 1. The van der Waals surface area contributed by atoms with Crippen LogP contribution in [0.5, 0.6) is 5.75 Å². The van der Waals surface area contributed by atoms with E-state index in [0.29, 0.717) is 4.47 Å². The van der Waals surface area contributed by atoms with Gasteiger partial charge in [0.05, 0.1) is 11.2 Å². The lowest BCUT2D eigenvalue weighted by atomic mass is 10.3. The third kappa shape index (κ3) is 3.19. The zero-order chi connectivity index (χ0) is 13.8. The minimum Gasteiger partial charge on any atom is -0.478 e. The summed E-state index contributed by atoms with van der Waals surface area (Å²) >= 11 is 3.13. The monoisotopic (exact) mass is 325 g/mol. The number of hydrogen-bond acceptors (Lipinski definition) is 5. The van der Waals surface area contributed by atoms with Crippen LogP contribution in [-0.2, 0) is 0 Å². The van der Waals surface area contributed by atoms with Crippen LogP contribution in [0.2, 0.25) is 0 Å². The van der Waals surface area contributed by atoms with Gasteiger partial charge in [0.15, 0.2) is 18.1 Å². The van der Waals surface area contributed by atoms with Crippen molar-refractivity contribution in [1.29, 1.82) is 0 Å². The summed E-state index contributed by atoms with van der Waals surface area (Å²) in [5.74, 6) is -0.199. The summed E-state index contributed by atoms with van der Waals surface area (Å²) in [6, 6.07) is 7.42. The molecular weight excluding hydrogens is 318 g/mol. The summed E-state index contributed by atoms with van der Waals surface area (Å²) in [5.41, 5.74) is -0.207. The van der Waals surface area contributed by atoms with Crippen molar-refractivity contribution in [3.05, 3.63) is 56.9 Å². The minimum atomic E-state index is -0.572. The summed E-state index contributed by atoms with van der Waals surface area (Å²) in [4.78, 5) is 21.9. The lowest BCUT2D eigenvalue weighted by Gasteiger charge is -2.05. The maximum Gasteiger partial charge on any atom is 0.312 e. The van der Waals surface area contributed by atoms with E-state index in [-0.39, 0.29) is 29.6 Å². The minimum absolute atomic E-state index is 0.0353. The first-order chi connectivity index (χ1) is 9.08. The maximum atomic E-state index is 11.6. The highest BCUT2D eigenvalue weighted by Crippen LogP contribution is 2.30. The highest BCUT2D eigenvalue weighted by Gasteiger charge is 2.17. The molecule has 0 N–H and O–H groups in total. The van der Waals surface area contributed by atoms with E-state index in [0.717, 1.165) is 0 Å². The normalized spacial score (nSPS) is 10.2. The molecule has 0 unspecified atom stereocenters. The second-order valence-electron chi connectivity index (χ2n) is 3.56. The van der Waals surface area contributed by atoms with Crippen LogP contribution in [0.15, 0.2) is 45.5 Å². The topological polar surface area (TPSA) is 82.6 Å². The van der Waals surface area contributed by atoms with E-state index in [4.69, 9.17) is 9.15 Å². The first kappa shape index (κ1) is 13.3. The van der Waals surface area contributed by atoms with E-state index < -0.39 is 4.92 Å². The summed E-state index contributed by atoms with van der Waals surface area (Å²) in [7, 11) is 0. The van der Waals surface area contributed by atoms with Crippen LogP contribution in [0.25, 0.3) is 0 Å². The predicted octanol–water partition coefficient (Wildman–Crippen LogP) is 3.21. The van der Waals surface area contributed by atoms with Crippen molar-refractivity contribution in [2.75, 3.05) is 6.61 Å². The third-order valence-electron chi connectivity index (χ3n) is 2.27. The average molecular weight is 326 g/mol. The fourth-order valence-electron chi connectivity index (χ4n) is 1.41. The summed E-state index contributed by atoms with van der Waals surface area (Å²) < 4.78 is 10.6. The third-order valence-corrected chi connectivity index (χ3v) is 2.77. The molecule has 0 atom stereocenters. The van der Waals surface area contributed by atoms with Gasteiger partial charge in [0.25, 0.3) is 0 Å². The molecule has 2 aromatic rings. The van der Waals surface area contributed by atoms with E-state index in [1.807, 2.05) is 0 Å². The Balaban J connectivity index is 2.11. The molecule has 0 aliphatic rings. The Kier molecular flexibility index (Phi) is 3.96. The molecule has 7 heteroatoms. The summed E-state index contributed by atoms with van der Waals surface area (Å²) in [6.07, 6.45) is 1.37. The zero-order valence-corrected chi connectivity index (χ0v) is 11.1. The van der Waals surface area contributed by atoms with Crippen molar-refractivity contribution in [2.45, 2.75) is 0 Å². The molecule has 0 aliphatic heterocycles. The quantitative estimate of drug-likeness (QED) is 0.479. The fourth-order valence-corrected chi connectivity index (χ4v) is 1.76. The van der Waals surface area contributed by atoms with Crippen LogP contribution in [0, 0.1) is 10.1 Å². The predicted molar refractivity (Wildman–Crippen MR) is 69.3 cm³/mol. The van der Waals surface area contributed by atoms with E-state index in [2.05, 4.69) is 15.9 Å². The molecule has 0 saturated heterocycles. The van der Waals surface area contributed by atoms with Gasteiger partial charge in [0.2, 0.25) is 5.78 Å².